The van der Waals surface area contributed by atoms with Crippen molar-refractivity contribution in [2.24, 2.45) is 0 Å². The first kappa shape index (κ1) is 12.7. The van der Waals surface area contributed by atoms with Crippen molar-refractivity contribution in [1.82, 2.24) is 0 Å². The van der Waals surface area contributed by atoms with Crippen LogP contribution in [0.2, 0.25) is 0 Å². The molecule has 94 valence electrons. The Labute approximate surface area is 110 Å². The Balaban J connectivity index is 2.58. The summed E-state index contributed by atoms with van der Waals surface area (Å²) in [7, 11) is 1.98. The standard InChI is InChI=1S/C17H21N/c1-13-9-5-6-10-14(13)17(2,3)15-11-7-8-12-16(15)18-4/h5-12,18H,1-4H3. The highest BCUT2D eigenvalue weighted by Crippen LogP contribution is 2.37. The first-order valence-corrected chi connectivity index (χ1v) is 6.40. The molecule has 0 heterocycles. The SMILES string of the molecule is CNc1ccccc1C(C)(C)c1ccccc1C. The summed E-state index contributed by atoms with van der Waals surface area (Å²) in [6, 6.07) is 17.1. The minimum Gasteiger partial charge on any atom is -0.388 e. The highest BCUT2D eigenvalue weighted by atomic mass is 14.8. The lowest BCUT2D eigenvalue weighted by molar-refractivity contribution is 0.638. The number of hydrogen-bond donors (Lipinski definition) is 1. The monoisotopic (exact) mass is 239 g/mol. The molecule has 1 heteroatoms. The Bertz CT molecular complexity index is 541. The second-order valence-electron chi connectivity index (χ2n) is 5.24. The molecular formula is C17H21N. The number of nitrogens with one attached hydrogen (secondary N) is 1. The van der Waals surface area contributed by atoms with E-state index in [-0.39, 0.29) is 5.41 Å². The normalized spacial score (nSPS) is 11.3. The fraction of sp³-hybridized carbons (Fsp3) is 0.294. The van der Waals surface area contributed by atoms with Crippen molar-refractivity contribution in [2.75, 3.05) is 12.4 Å². The maximum atomic E-state index is 3.29. The van der Waals surface area contributed by atoms with Gasteiger partial charge in [0.25, 0.3) is 0 Å². The fourth-order valence-corrected chi connectivity index (χ4v) is 2.67. The predicted molar refractivity (Wildman–Crippen MR) is 79.3 cm³/mol. The predicted octanol–water partition coefficient (Wildman–Crippen LogP) is 4.36. The number of anilines is 1. The highest BCUT2D eigenvalue weighted by molar-refractivity contribution is 5.57. The number of benzene rings is 2. The molecular weight excluding hydrogens is 218 g/mol. The van der Waals surface area contributed by atoms with Gasteiger partial charge in [0.05, 0.1) is 0 Å². The Kier molecular flexibility index (Phi) is 3.42. The minimum absolute atomic E-state index is 0.00491. The third-order valence-electron chi connectivity index (χ3n) is 3.69. The molecule has 0 unspecified atom stereocenters. The summed E-state index contributed by atoms with van der Waals surface area (Å²) < 4.78 is 0. The molecule has 0 aliphatic rings. The van der Waals surface area contributed by atoms with E-state index in [1.807, 2.05) is 7.05 Å². The van der Waals surface area contributed by atoms with E-state index in [9.17, 15) is 0 Å². The molecule has 18 heavy (non-hydrogen) atoms. The van der Waals surface area contributed by atoms with Gasteiger partial charge in [-0.1, -0.05) is 56.3 Å². The molecule has 1 N–H and O–H groups in total. The molecule has 0 radical (unpaired) electrons. The van der Waals surface area contributed by atoms with E-state index < -0.39 is 0 Å². The zero-order valence-electron chi connectivity index (χ0n) is 11.6. The van der Waals surface area contributed by atoms with Gasteiger partial charge in [-0.2, -0.15) is 0 Å². The van der Waals surface area contributed by atoms with Crippen LogP contribution in [0.1, 0.15) is 30.5 Å². The molecule has 2 aromatic carbocycles. The van der Waals surface area contributed by atoms with E-state index in [0.29, 0.717) is 0 Å². The van der Waals surface area contributed by atoms with Gasteiger partial charge in [-0.05, 0) is 29.7 Å². The maximum Gasteiger partial charge on any atom is 0.0379 e. The summed E-state index contributed by atoms with van der Waals surface area (Å²) >= 11 is 0. The van der Waals surface area contributed by atoms with Crippen LogP contribution in [0.25, 0.3) is 0 Å². The van der Waals surface area contributed by atoms with Crippen LogP contribution in [0.15, 0.2) is 48.5 Å². The van der Waals surface area contributed by atoms with Gasteiger partial charge in [-0.15, -0.1) is 0 Å². The molecule has 0 aromatic heterocycles. The van der Waals surface area contributed by atoms with E-state index in [2.05, 4.69) is 74.6 Å². The van der Waals surface area contributed by atoms with Gasteiger partial charge >= 0.3 is 0 Å². The smallest absolute Gasteiger partial charge is 0.0379 e. The molecule has 2 aromatic rings. The zero-order chi connectivity index (χ0) is 13.2. The van der Waals surface area contributed by atoms with Crippen LogP contribution < -0.4 is 5.32 Å². The van der Waals surface area contributed by atoms with Crippen molar-refractivity contribution in [3.05, 3.63) is 65.2 Å². The molecule has 2 rings (SSSR count). The molecule has 0 fully saturated rings. The number of rotatable bonds is 3. The summed E-state index contributed by atoms with van der Waals surface area (Å²) in [4.78, 5) is 0. The van der Waals surface area contributed by atoms with Crippen LogP contribution in [-0.4, -0.2) is 7.05 Å². The van der Waals surface area contributed by atoms with Gasteiger partial charge in [0.1, 0.15) is 0 Å². The zero-order valence-corrected chi connectivity index (χ0v) is 11.6. The molecule has 0 saturated carbocycles. The fourth-order valence-electron chi connectivity index (χ4n) is 2.67. The van der Waals surface area contributed by atoms with Gasteiger partial charge in [-0.3, -0.25) is 0 Å². The van der Waals surface area contributed by atoms with Gasteiger partial charge in [0.15, 0.2) is 0 Å². The van der Waals surface area contributed by atoms with Crippen LogP contribution in [0, 0.1) is 6.92 Å². The first-order chi connectivity index (χ1) is 8.57. The Hall–Kier alpha value is -1.76. The van der Waals surface area contributed by atoms with Gasteiger partial charge < -0.3 is 5.32 Å². The minimum atomic E-state index is 0.00491. The molecule has 0 aliphatic carbocycles. The number of hydrogen-bond acceptors (Lipinski definition) is 1. The van der Waals surface area contributed by atoms with Crippen molar-refractivity contribution in [3.8, 4) is 0 Å². The average molecular weight is 239 g/mol. The van der Waals surface area contributed by atoms with Crippen molar-refractivity contribution >= 4 is 5.69 Å². The molecule has 0 bridgehead atoms. The van der Waals surface area contributed by atoms with Crippen molar-refractivity contribution in [1.29, 1.82) is 0 Å². The summed E-state index contributed by atoms with van der Waals surface area (Å²) in [5, 5.41) is 3.29. The van der Waals surface area contributed by atoms with E-state index in [4.69, 9.17) is 0 Å². The third kappa shape index (κ3) is 2.13. The van der Waals surface area contributed by atoms with E-state index >= 15 is 0 Å². The molecule has 0 aliphatic heterocycles. The quantitative estimate of drug-likeness (QED) is 0.839. The molecule has 0 atom stereocenters. The summed E-state index contributed by atoms with van der Waals surface area (Å²) in [6.45, 7) is 6.75. The van der Waals surface area contributed by atoms with Crippen LogP contribution in [-0.2, 0) is 5.41 Å². The highest BCUT2D eigenvalue weighted by Gasteiger charge is 2.26. The molecule has 0 amide bonds. The third-order valence-corrected chi connectivity index (χ3v) is 3.69. The summed E-state index contributed by atoms with van der Waals surface area (Å²) in [5.41, 5.74) is 5.26. The first-order valence-electron chi connectivity index (χ1n) is 6.40. The molecule has 0 spiro atoms. The van der Waals surface area contributed by atoms with Crippen LogP contribution in [0.5, 0.6) is 0 Å². The Morgan fingerprint density at radius 3 is 2.00 bits per heavy atom. The second-order valence-corrected chi connectivity index (χ2v) is 5.24. The van der Waals surface area contributed by atoms with Gasteiger partial charge in [-0.25, -0.2) is 0 Å². The Morgan fingerprint density at radius 1 is 0.833 bits per heavy atom. The summed E-state index contributed by atoms with van der Waals surface area (Å²) in [6.07, 6.45) is 0. The van der Waals surface area contributed by atoms with Gasteiger partial charge in [0.2, 0.25) is 0 Å². The van der Waals surface area contributed by atoms with Crippen LogP contribution in [0.4, 0.5) is 5.69 Å². The second kappa shape index (κ2) is 4.85. The van der Waals surface area contributed by atoms with E-state index in [0.717, 1.165) is 0 Å². The van der Waals surface area contributed by atoms with Crippen LogP contribution in [0.3, 0.4) is 0 Å². The maximum absolute atomic E-state index is 3.29. The Morgan fingerprint density at radius 2 is 1.39 bits per heavy atom. The van der Waals surface area contributed by atoms with E-state index in [1.54, 1.807) is 0 Å². The lowest BCUT2D eigenvalue weighted by Gasteiger charge is -2.30. The van der Waals surface area contributed by atoms with Crippen molar-refractivity contribution in [3.63, 3.8) is 0 Å². The van der Waals surface area contributed by atoms with Crippen molar-refractivity contribution in [2.45, 2.75) is 26.2 Å². The molecule has 0 saturated heterocycles. The van der Waals surface area contributed by atoms with E-state index in [1.165, 1.54) is 22.4 Å². The average Bonchev–Trinajstić information content (AvgIpc) is 2.39. The lowest BCUT2D eigenvalue weighted by atomic mass is 9.75. The van der Waals surface area contributed by atoms with Gasteiger partial charge in [0, 0.05) is 18.2 Å². The number of para-hydroxylation sites is 1. The largest absolute Gasteiger partial charge is 0.388 e. The molecule has 1 nitrogen and oxygen atoms in total. The van der Waals surface area contributed by atoms with Crippen molar-refractivity contribution < 1.29 is 0 Å². The lowest BCUT2D eigenvalue weighted by Crippen LogP contribution is -2.21. The number of aryl methyl sites for hydroxylation is 1. The topological polar surface area (TPSA) is 12.0 Å². The van der Waals surface area contributed by atoms with Crippen LogP contribution >= 0.6 is 0 Å². The summed E-state index contributed by atoms with van der Waals surface area (Å²) in [5.74, 6) is 0.